The fraction of sp³-hybridized carbons (Fsp3) is 0. The van der Waals surface area contributed by atoms with Crippen LogP contribution in [0.1, 0.15) is 5.69 Å². The standard InChI is InChI=1S/C11H8N6O4S3/c12-4-8-6-2-1-3-7(10(6)16-15-8)17-24(20,21)9-5-14-11(22-9)23(13,18)19/h1-3,5,17H,(H,15,16)(H2,13,18,19). The number of benzene rings is 1. The fourth-order valence-electron chi connectivity index (χ4n) is 1.91. The number of primary sulfonamides is 1. The number of hydrogen-bond donors (Lipinski definition) is 3. The van der Waals surface area contributed by atoms with Crippen molar-refractivity contribution < 1.29 is 16.8 Å². The lowest BCUT2D eigenvalue weighted by atomic mass is 10.2. The maximum absolute atomic E-state index is 12.4. The molecule has 0 spiro atoms. The highest BCUT2D eigenvalue weighted by atomic mass is 32.3. The quantitative estimate of drug-likeness (QED) is 0.581. The molecule has 0 aliphatic rings. The number of hydrogen-bond acceptors (Lipinski definition) is 8. The first-order valence-corrected chi connectivity index (χ1v) is 9.95. The Kier molecular flexibility index (Phi) is 3.76. The van der Waals surface area contributed by atoms with Gasteiger partial charge in [-0.2, -0.15) is 10.4 Å². The zero-order valence-corrected chi connectivity index (χ0v) is 14.0. The Labute approximate surface area is 140 Å². The lowest BCUT2D eigenvalue weighted by Gasteiger charge is -2.06. The first-order valence-electron chi connectivity index (χ1n) is 6.11. The lowest BCUT2D eigenvalue weighted by molar-refractivity contribution is 0.596. The number of aromatic nitrogens is 3. The Morgan fingerprint density at radius 2 is 2.04 bits per heavy atom. The van der Waals surface area contributed by atoms with E-state index in [-0.39, 0.29) is 15.6 Å². The third-order valence-corrected chi connectivity index (χ3v) is 7.08. The van der Waals surface area contributed by atoms with E-state index in [1.54, 1.807) is 12.1 Å². The molecule has 0 aliphatic carbocycles. The minimum Gasteiger partial charge on any atom is -0.277 e. The summed E-state index contributed by atoms with van der Waals surface area (Å²) in [6, 6.07) is 6.52. The number of fused-ring (bicyclic) bond motifs is 1. The molecule has 2 aromatic heterocycles. The van der Waals surface area contributed by atoms with Gasteiger partial charge in [-0.15, -0.1) is 0 Å². The van der Waals surface area contributed by atoms with E-state index in [4.69, 9.17) is 10.4 Å². The van der Waals surface area contributed by atoms with Crippen LogP contribution in [0.2, 0.25) is 0 Å². The first-order chi connectivity index (χ1) is 11.2. The van der Waals surface area contributed by atoms with Gasteiger partial charge in [-0.05, 0) is 12.1 Å². The van der Waals surface area contributed by atoms with E-state index in [9.17, 15) is 16.8 Å². The van der Waals surface area contributed by atoms with Gasteiger partial charge < -0.3 is 0 Å². The average molecular weight is 384 g/mol. The summed E-state index contributed by atoms with van der Waals surface area (Å²) >= 11 is 0.428. The normalized spacial score (nSPS) is 12.2. The summed E-state index contributed by atoms with van der Waals surface area (Å²) in [5.41, 5.74) is 0.612. The largest absolute Gasteiger partial charge is 0.277 e. The molecule has 0 atom stereocenters. The number of nitrogens with one attached hydrogen (secondary N) is 2. The third-order valence-electron chi connectivity index (χ3n) is 2.92. The van der Waals surface area contributed by atoms with Crippen LogP contribution in [-0.2, 0) is 20.0 Å². The van der Waals surface area contributed by atoms with Gasteiger partial charge in [-0.3, -0.25) is 9.82 Å². The molecular formula is C11H8N6O4S3. The topological polar surface area (TPSA) is 172 Å². The van der Waals surface area contributed by atoms with Crippen molar-refractivity contribution in [1.29, 1.82) is 5.26 Å². The van der Waals surface area contributed by atoms with Crippen LogP contribution in [0.25, 0.3) is 10.9 Å². The van der Waals surface area contributed by atoms with E-state index in [2.05, 4.69) is 19.9 Å². The Hall–Kier alpha value is -2.53. The molecule has 3 rings (SSSR count). The van der Waals surface area contributed by atoms with Crippen LogP contribution >= 0.6 is 11.3 Å². The summed E-state index contributed by atoms with van der Waals surface area (Å²) in [4.78, 5) is 3.50. The van der Waals surface area contributed by atoms with Crippen LogP contribution in [0.4, 0.5) is 5.69 Å². The minimum absolute atomic E-state index is 0.125. The van der Waals surface area contributed by atoms with Gasteiger partial charge in [0.15, 0.2) is 9.90 Å². The molecule has 124 valence electrons. The summed E-state index contributed by atoms with van der Waals surface area (Å²) in [6.07, 6.45) is 0.903. The number of nitrogens with two attached hydrogens (primary N) is 1. The van der Waals surface area contributed by atoms with Crippen LogP contribution < -0.4 is 9.86 Å². The van der Waals surface area contributed by atoms with Gasteiger partial charge in [0.2, 0.25) is 4.34 Å². The predicted molar refractivity (Wildman–Crippen MR) is 85.1 cm³/mol. The number of anilines is 1. The summed E-state index contributed by atoms with van der Waals surface area (Å²) in [6.45, 7) is 0. The van der Waals surface area contributed by atoms with E-state index in [1.807, 2.05) is 6.07 Å². The maximum atomic E-state index is 12.4. The van der Waals surface area contributed by atoms with E-state index < -0.39 is 24.4 Å². The molecule has 0 bridgehead atoms. The molecule has 0 amide bonds. The molecule has 0 radical (unpaired) electrons. The molecule has 24 heavy (non-hydrogen) atoms. The van der Waals surface area contributed by atoms with Crippen molar-refractivity contribution in [2.24, 2.45) is 5.14 Å². The molecule has 4 N–H and O–H groups in total. The second-order valence-corrected chi connectivity index (χ2v) is 9.18. The lowest BCUT2D eigenvalue weighted by Crippen LogP contribution is -2.12. The van der Waals surface area contributed by atoms with Crippen molar-refractivity contribution in [1.82, 2.24) is 15.2 Å². The number of thiazole rings is 1. The number of H-pyrrole nitrogens is 1. The van der Waals surface area contributed by atoms with Gasteiger partial charge in [0.05, 0.1) is 17.4 Å². The monoisotopic (exact) mass is 384 g/mol. The molecule has 3 aromatic rings. The molecule has 0 aliphatic heterocycles. The van der Waals surface area contributed by atoms with Gasteiger partial charge in [-0.1, -0.05) is 17.4 Å². The minimum atomic E-state index is -4.09. The van der Waals surface area contributed by atoms with Crippen LogP contribution in [0.15, 0.2) is 32.9 Å². The van der Waals surface area contributed by atoms with Gasteiger partial charge in [0.25, 0.3) is 20.0 Å². The molecule has 0 saturated carbocycles. The second-order valence-electron chi connectivity index (χ2n) is 4.51. The molecule has 0 fully saturated rings. The zero-order valence-electron chi connectivity index (χ0n) is 11.6. The van der Waals surface area contributed by atoms with E-state index in [1.165, 1.54) is 6.07 Å². The van der Waals surface area contributed by atoms with Gasteiger partial charge in [0.1, 0.15) is 6.07 Å². The van der Waals surface area contributed by atoms with Crippen molar-refractivity contribution in [2.75, 3.05) is 4.72 Å². The third kappa shape index (κ3) is 2.83. The van der Waals surface area contributed by atoms with Crippen LogP contribution in [0.3, 0.4) is 0 Å². The van der Waals surface area contributed by atoms with E-state index in [0.29, 0.717) is 22.2 Å². The SMILES string of the molecule is N#Cc1n[nH]c2c(NS(=O)(=O)c3cnc(S(N)(=O)=O)s3)cccc12. The van der Waals surface area contributed by atoms with Crippen LogP contribution in [-0.4, -0.2) is 32.0 Å². The molecule has 0 unspecified atom stereocenters. The van der Waals surface area contributed by atoms with Crippen LogP contribution in [0, 0.1) is 11.3 Å². The fourth-order valence-corrected chi connectivity index (χ4v) is 4.93. The van der Waals surface area contributed by atoms with Crippen molar-refractivity contribution >= 4 is 48.0 Å². The van der Waals surface area contributed by atoms with Gasteiger partial charge >= 0.3 is 0 Å². The molecular weight excluding hydrogens is 376 g/mol. The molecule has 0 saturated heterocycles. The number of nitriles is 1. The first kappa shape index (κ1) is 16.3. The predicted octanol–water partition coefficient (Wildman–Crippen LogP) is 0.339. The average Bonchev–Trinajstić information content (AvgIpc) is 3.14. The number of rotatable bonds is 4. The summed E-state index contributed by atoms with van der Waals surface area (Å²) < 4.78 is 48.7. The summed E-state index contributed by atoms with van der Waals surface area (Å²) in [5.74, 6) is 0. The highest BCUT2D eigenvalue weighted by Crippen LogP contribution is 2.28. The molecule has 13 heteroatoms. The van der Waals surface area contributed by atoms with Crippen molar-refractivity contribution in [3.05, 3.63) is 30.1 Å². The molecule has 10 nitrogen and oxygen atoms in total. The number of nitrogens with zero attached hydrogens (tertiary/aromatic N) is 3. The number of aromatic amines is 1. The highest BCUT2D eigenvalue weighted by molar-refractivity contribution is 7.96. The smallest absolute Gasteiger partial charge is 0.273 e. The summed E-state index contributed by atoms with van der Waals surface area (Å²) in [5, 5.41) is 20.7. The molecule has 1 aromatic carbocycles. The second kappa shape index (κ2) is 5.53. The van der Waals surface area contributed by atoms with Gasteiger partial charge in [-0.25, -0.2) is 27.0 Å². The zero-order chi connectivity index (χ0) is 17.5. The summed E-state index contributed by atoms with van der Waals surface area (Å²) in [7, 11) is -8.17. The van der Waals surface area contributed by atoms with Crippen molar-refractivity contribution in [2.45, 2.75) is 8.55 Å². The Bertz CT molecular complexity index is 1190. The molecule has 2 heterocycles. The Morgan fingerprint density at radius 3 is 2.67 bits per heavy atom. The van der Waals surface area contributed by atoms with Crippen molar-refractivity contribution in [3.8, 4) is 6.07 Å². The number of sulfonamides is 2. The van der Waals surface area contributed by atoms with Crippen LogP contribution in [0.5, 0.6) is 0 Å². The van der Waals surface area contributed by atoms with Gasteiger partial charge in [0, 0.05) is 5.39 Å². The Balaban J connectivity index is 2.03. The maximum Gasteiger partial charge on any atom is 0.273 e. The Morgan fingerprint density at radius 1 is 1.29 bits per heavy atom. The highest BCUT2D eigenvalue weighted by Gasteiger charge is 2.23. The number of para-hydroxylation sites is 1. The van der Waals surface area contributed by atoms with Crippen molar-refractivity contribution in [3.63, 3.8) is 0 Å². The van der Waals surface area contributed by atoms with E-state index >= 15 is 0 Å². The van der Waals surface area contributed by atoms with E-state index in [0.717, 1.165) is 6.20 Å².